The van der Waals surface area contributed by atoms with Crippen LogP contribution >= 0.6 is 11.6 Å². The number of aromatic amines is 1. The summed E-state index contributed by atoms with van der Waals surface area (Å²) in [7, 11) is 0. The SMILES string of the molecule is C=C(CC1(ON)CCCCC1)c1nc2c(Cl)cc(-c3ccccc3C(F)(F)F)cc2[nH]1. The van der Waals surface area contributed by atoms with Crippen molar-refractivity contribution in [2.24, 2.45) is 5.90 Å². The first-order valence-electron chi connectivity index (χ1n) is 10.1. The van der Waals surface area contributed by atoms with E-state index in [1.54, 1.807) is 12.1 Å². The lowest BCUT2D eigenvalue weighted by Crippen LogP contribution is -2.37. The first kappa shape index (κ1) is 21.9. The molecule has 3 aromatic rings. The van der Waals surface area contributed by atoms with Gasteiger partial charge < -0.3 is 4.98 Å². The van der Waals surface area contributed by atoms with Gasteiger partial charge in [-0.1, -0.05) is 55.6 Å². The van der Waals surface area contributed by atoms with Gasteiger partial charge in [-0.25, -0.2) is 10.9 Å². The molecule has 4 rings (SSSR count). The summed E-state index contributed by atoms with van der Waals surface area (Å²) >= 11 is 6.41. The average Bonchev–Trinajstić information content (AvgIpc) is 3.19. The van der Waals surface area contributed by atoms with E-state index in [0.29, 0.717) is 28.8 Å². The van der Waals surface area contributed by atoms with Crippen molar-refractivity contribution in [1.29, 1.82) is 0 Å². The van der Waals surface area contributed by atoms with Gasteiger partial charge in [0.1, 0.15) is 11.3 Å². The third-order valence-corrected chi connectivity index (χ3v) is 6.26. The number of nitrogens with zero attached hydrogens (tertiary/aromatic N) is 1. The maximum Gasteiger partial charge on any atom is 0.417 e. The van der Waals surface area contributed by atoms with Gasteiger partial charge in [-0.05, 0) is 47.7 Å². The molecule has 0 radical (unpaired) electrons. The smallest absolute Gasteiger partial charge is 0.338 e. The van der Waals surface area contributed by atoms with Gasteiger partial charge in [0.15, 0.2) is 0 Å². The van der Waals surface area contributed by atoms with Gasteiger partial charge in [0.05, 0.1) is 21.7 Å². The number of aromatic nitrogens is 2. The van der Waals surface area contributed by atoms with Crippen LogP contribution in [0.3, 0.4) is 0 Å². The van der Waals surface area contributed by atoms with Crippen LogP contribution < -0.4 is 5.90 Å². The van der Waals surface area contributed by atoms with Crippen molar-refractivity contribution in [3.05, 3.63) is 59.4 Å². The van der Waals surface area contributed by atoms with Crippen LogP contribution in [0.2, 0.25) is 5.02 Å². The van der Waals surface area contributed by atoms with Crippen LogP contribution in [0.1, 0.15) is 49.9 Å². The normalized spacial score (nSPS) is 16.5. The molecule has 1 fully saturated rings. The highest BCUT2D eigenvalue weighted by Gasteiger charge is 2.35. The number of hydrogen-bond acceptors (Lipinski definition) is 3. The number of nitrogens with one attached hydrogen (secondary N) is 1. The molecule has 1 aromatic heterocycles. The summed E-state index contributed by atoms with van der Waals surface area (Å²) in [6.07, 6.45) is 0.979. The van der Waals surface area contributed by atoms with E-state index in [4.69, 9.17) is 22.3 Å². The summed E-state index contributed by atoms with van der Waals surface area (Å²) in [6.45, 7) is 4.14. The van der Waals surface area contributed by atoms with Crippen LogP contribution in [0.25, 0.3) is 27.7 Å². The van der Waals surface area contributed by atoms with Crippen LogP contribution in [-0.4, -0.2) is 15.6 Å². The van der Waals surface area contributed by atoms with Crippen molar-refractivity contribution in [3.8, 4) is 11.1 Å². The predicted molar refractivity (Wildman–Crippen MR) is 116 cm³/mol. The Morgan fingerprint density at radius 2 is 1.90 bits per heavy atom. The number of nitrogens with two attached hydrogens (primary N) is 1. The molecule has 0 saturated heterocycles. The maximum absolute atomic E-state index is 13.5. The molecule has 1 aliphatic carbocycles. The first-order valence-corrected chi connectivity index (χ1v) is 10.5. The summed E-state index contributed by atoms with van der Waals surface area (Å²) in [5, 5.41) is 0.266. The molecule has 0 bridgehead atoms. The van der Waals surface area contributed by atoms with Crippen molar-refractivity contribution in [2.75, 3.05) is 0 Å². The van der Waals surface area contributed by atoms with E-state index in [0.717, 1.165) is 43.7 Å². The summed E-state index contributed by atoms with van der Waals surface area (Å²) < 4.78 is 40.4. The summed E-state index contributed by atoms with van der Waals surface area (Å²) in [4.78, 5) is 13.1. The molecule has 0 unspecified atom stereocenters. The fourth-order valence-corrected chi connectivity index (χ4v) is 4.65. The lowest BCUT2D eigenvalue weighted by Gasteiger charge is -2.35. The molecule has 2 aromatic carbocycles. The molecule has 0 spiro atoms. The molecule has 1 heterocycles. The number of H-pyrrole nitrogens is 1. The lowest BCUT2D eigenvalue weighted by molar-refractivity contribution is -0.137. The highest BCUT2D eigenvalue weighted by molar-refractivity contribution is 6.35. The summed E-state index contributed by atoms with van der Waals surface area (Å²) in [6, 6.07) is 8.57. The molecule has 0 amide bonds. The Hall–Kier alpha value is -2.35. The molecular weight excluding hydrogens is 427 g/mol. The molecule has 1 saturated carbocycles. The van der Waals surface area contributed by atoms with Gasteiger partial charge >= 0.3 is 6.18 Å². The Morgan fingerprint density at radius 3 is 2.58 bits per heavy atom. The van der Waals surface area contributed by atoms with E-state index in [2.05, 4.69) is 16.5 Å². The minimum Gasteiger partial charge on any atom is -0.338 e. The van der Waals surface area contributed by atoms with Crippen LogP contribution in [0, 0.1) is 0 Å². The van der Waals surface area contributed by atoms with Gasteiger partial charge in [0.25, 0.3) is 0 Å². The Labute approximate surface area is 183 Å². The second kappa shape index (κ2) is 8.30. The fraction of sp³-hybridized carbons (Fsp3) is 0.348. The zero-order valence-electron chi connectivity index (χ0n) is 16.9. The van der Waals surface area contributed by atoms with E-state index < -0.39 is 17.3 Å². The highest BCUT2D eigenvalue weighted by Crippen LogP contribution is 2.40. The number of imidazole rings is 1. The van der Waals surface area contributed by atoms with Crippen molar-refractivity contribution < 1.29 is 18.0 Å². The van der Waals surface area contributed by atoms with Gasteiger partial charge in [-0.15, -0.1) is 0 Å². The first-order chi connectivity index (χ1) is 14.7. The van der Waals surface area contributed by atoms with Crippen molar-refractivity contribution in [1.82, 2.24) is 9.97 Å². The number of fused-ring (bicyclic) bond motifs is 1. The average molecular weight is 450 g/mol. The molecule has 8 heteroatoms. The van der Waals surface area contributed by atoms with Crippen molar-refractivity contribution >= 4 is 28.2 Å². The molecular formula is C23H23ClF3N3O. The lowest BCUT2D eigenvalue weighted by atomic mass is 9.80. The van der Waals surface area contributed by atoms with Crippen molar-refractivity contribution in [2.45, 2.75) is 50.3 Å². The van der Waals surface area contributed by atoms with Crippen molar-refractivity contribution in [3.63, 3.8) is 0 Å². The second-order valence-corrected chi connectivity index (χ2v) is 8.53. The number of halogens is 4. The number of alkyl halides is 3. The largest absolute Gasteiger partial charge is 0.417 e. The molecule has 0 atom stereocenters. The predicted octanol–water partition coefficient (Wildman–Crippen LogP) is 6.90. The Morgan fingerprint density at radius 1 is 1.19 bits per heavy atom. The highest BCUT2D eigenvalue weighted by atomic mass is 35.5. The number of benzene rings is 2. The Bertz CT molecular complexity index is 1120. The standard InChI is InChI=1S/C23H23ClF3N3O/c1-14(13-22(31-28)9-5-2-6-10-22)21-29-19-12-15(11-18(24)20(19)30-21)16-7-3-4-8-17(16)23(25,26)27/h3-4,7-8,11-12H,1-2,5-6,9-10,13,28H2,(H,29,30). The van der Waals surface area contributed by atoms with Gasteiger partial charge in [-0.2, -0.15) is 13.2 Å². The number of hydrogen-bond donors (Lipinski definition) is 2. The van der Waals surface area contributed by atoms with E-state index in [1.807, 2.05) is 0 Å². The fourth-order valence-electron chi connectivity index (χ4n) is 4.39. The molecule has 164 valence electrons. The molecule has 31 heavy (non-hydrogen) atoms. The Kier molecular flexibility index (Phi) is 5.85. The Balaban J connectivity index is 1.70. The topological polar surface area (TPSA) is 63.9 Å². The molecule has 1 aliphatic rings. The molecule has 3 N–H and O–H groups in total. The van der Waals surface area contributed by atoms with E-state index >= 15 is 0 Å². The van der Waals surface area contributed by atoms with Crippen LogP contribution in [0.5, 0.6) is 0 Å². The van der Waals surface area contributed by atoms with Crippen LogP contribution in [-0.2, 0) is 11.0 Å². The zero-order chi connectivity index (χ0) is 22.2. The van der Waals surface area contributed by atoms with Crippen LogP contribution in [0.15, 0.2) is 43.0 Å². The number of rotatable bonds is 5. The van der Waals surface area contributed by atoms with E-state index in [-0.39, 0.29) is 10.6 Å². The maximum atomic E-state index is 13.5. The van der Waals surface area contributed by atoms with E-state index in [1.165, 1.54) is 18.2 Å². The zero-order valence-corrected chi connectivity index (χ0v) is 17.6. The third-order valence-electron chi connectivity index (χ3n) is 5.97. The minimum absolute atomic E-state index is 0.0615. The van der Waals surface area contributed by atoms with Gasteiger partial charge in [0.2, 0.25) is 0 Å². The van der Waals surface area contributed by atoms with Gasteiger partial charge in [-0.3, -0.25) is 4.84 Å². The molecule has 0 aliphatic heterocycles. The van der Waals surface area contributed by atoms with Gasteiger partial charge in [0, 0.05) is 6.42 Å². The summed E-state index contributed by atoms with van der Waals surface area (Å²) in [5.41, 5.74) is 0.992. The minimum atomic E-state index is -4.47. The van der Waals surface area contributed by atoms with E-state index in [9.17, 15) is 13.2 Å². The quantitative estimate of drug-likeness (QED) is 0.416. The second-order valence-electron chi connectivity index (χ2n) is 8.12. The third kappa shape index (κ3) is 4.35. The van der Waals surface area contributed by atoms with Crippen LogP contribution in [0.4, 0.5) is 13.2 Å². The summed E-state index contributed by atoms with van der Waals surface area (Å²) in [5.74, 6) is 6.14. The monoisotopic (exact) mass is 449 g/mol. The molecule has 4 nitrogen and oxygen atoms in total.